The normalized spacial score (nSPS) is 12.9. The van der Waals surface area contributed by atoms with Crippen molar-refractivity contribution in [1.29, 1.82) is 0 Å². The number of thiophene rings is 1. The van der Waals surface area contributed by atoms with E-state index in [1.165, 1.54) is 6.07 Å². The average molecular weight is 249 g/mol. The van der Waals surface area contributed by atoms with Crippen LogP contribution in [0, 0.1) is 5.82 Å². The Labute approximate surface area is 105 Å². The van der Waals surface area contributed by atoms with Gasteiger partial charge in [0.2, 0.25) is 0 Å². The third-order valence-electron chi connectivity index (χ3n) is 2.88. The van der Waals surface area contributed by atoms with E-state index in [0.717, 1.165) is 33.4 Å². The third-order valence-corrected chi connectivity index (χ3v) is 4.10. The Balaban J connectivity index is 2.27. The lowest BCUT2D eigenvalue weighted by molar-refractivity contribution is 0.630. The summed E-state index contributed by atoms with van der Waals surface area (Å²) in [5.74, 6) is -0.197. The van der Waals surface area contributed by atoms with Gasteiger partial charge in [0.25, 0.3) is 0 Å². The molecule has 0 amide bonds. The molecule has 2 N–H and O–H groups in total. The largest absolute Gasteiger partial charge is 0.323 e. The van der Waals surface area contributed by atoms with Gasteiger partial charge < -0.3 is 5.73 Å². The number of rotatable bonds is 4. The zero-order valence-electron chi connectivity index (χ0n) is 9.87. The molecule has 0 bridgehead atoms. The zero-order chi connectivity index (χ0) is 12.4. The summed E-state index contributed by atoms with van der Waals surface area (Å²) < 4.78 is 14.0. The molecule has 1 nitrogen and oxygen atoms in total. The fourth-order valence-corrected chi connectivity index (χ4v) is 2.86. The molecule has 0 saturated carbocycles. The molecule has 1 heterocycles. The van der Waals surface area contributed by atoms with Gasteiger partial charge in [-0.2, -0.15) is 0 Å². The van der Waals surface area contributed by atoms with Crippen molar-refractivity contribution in [3.8, 4) is 0 Å². The van der Waals surface area contributed by atoms with Gasteiger partial charge in [0.15, 0.2) is 0 Å². The van der Waals surface area contributed by atoms with E-state index >= 15 is 0 Å². The van der Waals surface area contributed by atoms with Crippen LogP contribution in [0.5, 0.6) is 0 Å². The van der Waals surface area contributed by atoms with E-state index in [-0.39, 0.29) is 11.9 Å². The van der Waals surface area contributed by atoms with Crippen molar-refractivity contribution in [2.75, 3.05) is 0 Å². The molecule has 3 heteroatoms. The van der Waals surface area contributed by atoms with E-state index in [2.05, 4.69) is 13.5 Å². The zero-order valence-corrected chi connectivity index (χ0v) is 10.7. The summed E-state index contributed by atoms with van der Waals surface area (Å²) in [5.41, 5.74) is 7.28. The topological polar surface area (TPSA) is 26.0 Å². The molecule has 0 saturated heterocycles. The standard InChI is InChI=1S/C14H16FNS/c1-3-9(2)6-12(16)14-7-10-4-5-11(15)8-13(10)17-14/h4-5,7-8,12H,2-3,6,16H2,1H3. The molecule has 2 rings (SSSR count). The summed E-state index contributed by atoms with van der Waals surface area (Å²) in [5, 5.41) is 1.06. The molecule has 1 aromatic carbocycles. The molecular weight excluding hydrogens is 233 g/mol. The van der Waals surface area contributed by atoms with E-state index in [0.29, 0.717) is 0 Å². The van der Waals surface area contributed by atoms with Gasteiger partial charge in [-0.1, -0.05) is 25.1 Å². The monoisotopic (exact) mass is 249 g/mol. The van der Waals surface area contributed by atoms with Crippen molar-refractivity contribution in [3.63, 3.8) is 0 Å². The number of benzene rings is 1. The molecule has 0 aliphatic heterocycles. The first-order valence-electron chi connectivity index (χ1n) is 5.71. The average Bonchev–Trinajstić information content (AvgIpc) is 2.71. The van der Waals surface area contributed by atoms with Gasteiger partial charge in [-0.05, 0) is 36.4 Å². The van der Waals surface area contributed by atoms with Crippen molar-refractivity contribution in [2.24, 2.45) is 5.73 Å². The number of hydrogen-bond donors (Lipinski definition) is 1. The minimum absolute atomic E-state index is 0.0251. The molecular formula is C14H16FNS. The lowest BCUT2D eigenvalue weighted by atomic mass is 10.0. The molecule has 0 radical (unpaired) electrons. The van der Waals surface area contributed by atoms with Gasteiger partial charge in [0, 0.05) is 15.6 Å². The van der Waals surface area contributed by atoms with Crippen LogP contribution in [0.25, 0.3) is 10.1 Å². The van der Waals surface area contributed by atoms with Crippen LogP contribution in [0.15, 0.2) is 36.4 Å². The summed E-state index contributed by atoms with van der Waals surface area (Å²) in [6.07, 6.45) is 1.75. The van der Waals surface area contributed by atoms with Crippen molar-refractivity contribution in [1.82, 2.24) is 0 Å². The molecule has 0 aliphatic carbocycles. The molecule has 1 unspecified atom stereocenters. The lowest BCUT2D eigenvalue weighted by Gasteiger charge is -2.09. The maximum absolute atomic E-state index is 13.1. The van der Waals surface area contributed by atoms with Crippen LogP contribution in [-0.4, -0.2) is 0 Å². The molecule has 2 aromatic rings. The van der Waals surface area contributed by atoms with Gasteiger partial charge in [0.05, 0.1) is 0 Å². The third kappa shape index (κ3) is 2.73. The van der Waals surface area contributed by atoms with E-state index in [1.807, 2.05) is 6.07 Å². The van der Waals surface area contributed by atoms with Gasteiger partial charge >= 0.3 is 0 Å². The Morgan fingerprint density at radius 3 is 2.94 bits per heavy atom. The minimum atomic E-state index is -0.197. The second-order valence-corrected chi connectivity index (χ2v) is 5.36. The van der Waals surface area contributed by atoms with Crippen LogP contribution in [-0.2, 0) is 0 Å². The number of fused-ring (bicyclic) bond motifs is 1. The van der Waals surface area contributed by atoms with Crippen molar-refractivity contribution in [3.05, 3.63) is 47.1 Å². The van der Waals surface area contributed by atoms with Crippen LogP contribution in [0.3, 0.4) is 0 Å². The van der Waals surface area contributed by atoms with Gasteiger partial charge in [-0.25, -0.2) is 4.39 Å². The van der Waals surface area contributed by atoms with E-state index < -0.39 is 0 Å². The highest BCUT2D eigenvalue weighted by atomic mass is 32.1. The second-order valence-electron chi connectivity index (χ2n) is 4.25. The van der Waals surface area contributed by atoms with Crippen LogP contribution in [0.1, 0.15) is 30.7 Å². The molecule has 1 aromatic heterocycles. The van der Waals surface area contributed by atoms with E-state index in [9.17, 15) is 4.39 Å². The quantitative estimate of drug-likeness (QED) is 0.799. The summed E-state index contributed by atoms with van der Waals surface area (Å²) >= 11 is 1.57. The highest BCUT2D eigenvalue weighted by molar-refractivity contribution is 7.19. The van der Waals surface area contributed by atoms with Crippen LogP contribution < -0.4 is 5.73 Å². The van der Waals surface area contributed by atoms with Gasteiger partial charge in [-0.3, -0.25) is 0 Å². The Morgan fingerprint density at radius 2 is 2.24 bits per heavy atom. The predicted molar refractivity (Wildman–Crippen MR) is 72.8 cm³/mol. The van der Waals surface area contributed by atoms with Crippen molar-refractivity contribution in [2.45, 2.75) is 25.8 Å². The molecule has 90 valence electrons. The number of halogens is 1. The number of hydrogen-bond acceptors (Lipinski definition) is 2. The Morgan fingerprint density at radius 1 is 1.47 bits per heavy atom. The van der Waals surface area contributed by atoms with Crippen molar-refractivity contribution >= 4 is 21.4 Å². The van der Waals surface area contributed by atoms with E-state index in [4.69, 9.17) is 5.73 Å². The molecule has 17 heavy (non-hydrogen) atoms. The molecule has 1 atom stereocenters. The smallest absolute Gasteiger partial charge is 0.124 e. The van der Waals surface area contributed by atoms with Gasteiger partial charge in [0.1, 0.15) is 5.82 Å². The van der Waals surface area contributed by atoms with Crippen LogP contribution >= 0.6 is 11.3 Å². The molecule has 0 spiro atoms. The molecule has 0 aliphatic rings. The summed E-state index contributed by atoms with van der Waals surface area (Å²) in [6, 6.07) is 6.86. The summed E-state index contributed by atoms with van der Waals surface area (Å²) in [7, 11) is 0. The Hall–Kier alpha value is -1.19. The highest BCUT2D eigenvalue weighted by Crippen LogP contribution is 2.32. The Kier molecular flexibility index (Phi) is 3.60. The first kappa shape index (κ1) is 12.3. The predicted octanol–water partition coefficient (Wildman–Crippen LogP) is 4.40. The Bertz CT molecular complexity index is 544. The SMILES string of the molecule is C=C(CC)CC(N)c1cc2ccc(F)cc2s1. The maximum Gasteiger partial charge on any atom is 0.124 e. The summed E-state index contributed by atoms with van der Waals surface area (Å²) in [6.45, 7) is 6.05. The van der Waals surface area contributed by atoms with Gasteiger partial charge in [-0.15, -0.1) is 11.3 Å². The molecule has 0 fully saturated rings. The minimum Gasteiger partial charge on any atom is -0.323 e. The lowest BCUT2D eigenvalue weighted by Crippen LogP contribution is -2.08. The van der Waals surface area contributed by atoms with Crippen molar-refractivity contribution < 1.29 is 4.39 Å². The first-order valence-corrected chi connectivity index (χ1v) is 6.53. The number of nitrogens with two attached hydrogens (primary N) is 1. The van der Waals surface area contributed by atoms with Crippen LogP contribution in [0.2, 0.25) is 0 Å². The van der Waals surface area contributed by atoms with E-state index in [1.54, 1.807) is 23.5 Å². The maximum atomic E-state index is 13.1. The van der Waals surface area contributed by atoms with Crippen LogP contribution in [0.4, 0.5) is 4.39 Å². The fraction of sp³-hybridized carbons (Fsp3) is 0.286. The summed E-state index contributed by atoms with van der Waals surface area (Å²) in [4.78, 5) is 1.10. The second kappa shape index (κ2) is 4.98. The fourth-order valence-electron chi connectivity index (χ4n) is 1.76. The highest BCUT2D eigenvalue weighted by Gasteiger charge is 2.11. The first-order chi connectivity index (χ1) is 8.10.